The van der Waals surface area contributed by atoms with Gasteiger partial charge in [0.25, 0.3) is 9.05 Å². The van der Waals surface area contributed by atoms with Gasteiger partial charge in [-0.2, -0.15) is 5.10 Å². The third-order valence-electron chi connectivity index (χ3n) is 2.34. The average Bonchev–Trinajstić information content (AvgIpc) is 2.54. The van der Waals surface area contributed by atoms with Gasteiger partial charge >= 0.3 is 0 Å². The van der Waals surface area contributed by atoms with Crippen LogP contribution < -0.4 is 0 Å². The van der Waals surface area contributed by atoms with Crippen molar-refractivity contribution in [2.24, 2.45) is 0 Å². The Morgan fingerprint density at radius 3 is 2.47 bits per heavy atom. The number of hydrogen-bond acceptors (Lipinski definition) is 4. The van der Waals surface area contributed by atoms with Crippen LogP contribution in [0, 0.1) is 13.8 Å². The van der Waals surface area contributed by atoms with Gasteiger partial charge in [0.15, 0.2) is 5.82 Å². The van der Waals surface area contributed by atoms with E-state index in [0.29, 0.717) is 17.2 Å². The number of aromatic nitrogens is 3. The lowest BCUT2D eigenvalue weighted by molar-refractivity contribution is 0.608. The summed E-state index contributed by atoms with van der Waals surface area (Å²) < 4.78 is 24.3. The molecular formula is C10H10ClN3O2S. The van der Waals surface area contributed by atoms with Crippen molar-refractivity contribution in [3.05, 3.63) is 35.8 Å². The molecule has 0 N–H and O–H groups in total. The van der Waals surface area contributed by atoms with Gasteiger partial charge in [0, 0.05) is 16.9 Å². The van der Waals surface area contributed by atoms with Crippen LogP contribution in [0.25, 0.3) is 5.82 Å². The Balaban J connectivity index is 2.69. The first-order chi connectivity index (χ1) is 7.91. The minimum absolute atomic E-state index is 0.0461. The predicted octanol–water partition coefficient (Wildman–Crippen LogP) is 1.81. The maximum absolute atomic E-state index is 11.4. The number of pyridine rings is 1. The number of hydrogen-bond donors (Lipinski definition) is 0. The van der Waals surface area contributed by atoms with E-state index in [4.69, 9.17) is 10.7 Å². The molecular weight excluding hydrogens is 262 g/mol. The Bertz CT molecular complexity index is 650. The summed E-state index contributed by atoms with van der Waals surface area (Å²) in [4.78, 5) is 4.16. The van der Waals surface area contributed by atoms with Crippen LogP contribution in [0.4, 0.5) is 0 Å². The fourth-order valence-corrected chi connectivity index (χ4v) is 3.19. The van der Waals surface area contributed by atoms with Crippen LogP contribution in [0.3, 0.4) is 0 Å². The maximum Gasteiger partial charge on any atom is 0.264 e. The molecule has 0 aliphatic heterocycles. The highest BCUT2D eigenvalue weighted by atomic mass is 35.7. The molecule has 0 bridgehead atoms. The molecule has 0 radical (unpaired) electrons. The molecule has 0 spiro atoms. The quantitative estimate of drug-likeness (QED) is 0.782. The Kier molecular flexibility index (Phi) is 2.92. The molecule has 0 aliphatic carbocycles. The smallest absolute Gasteiger partial charge is 0.237 e. The van der Waals surface area contributed by atoms with Crippen molar-refractivity contribution in [3.8, 4) is 5.82 Å². The van der Waals surface area contributed by atoms with E-state index in [-0.39, 0.29) is 4.90 Å². The molecule has 0 saturated heterocycles. The van der Waals surface area contributed by atoms with Gasteiger partial charge in [-0.05, 0) is 26.0 Å². The summed E-state index contributed by atoms with van der Waals surface area (Å²) in [5.74, 6) is 0.555. The molecule has 0 aromatic carbocycles. The average molecular weight is 272 g/mol. The summed E-state index contributed by atoms with van der Waals surface area (Å²) in [6, 6.07) is 5.31. The van der Waals surface area contributed by atoms with E-state index in [1.54, 1.807) is 38.2 Å². The highest BCUT2D eigenvalue weighted by Crippen LogP contribution is 2.24. The molecule has 17 heavy (non-hydrogen) atoms. The minimum Gasteiger partial charge on any atom is -0.237 e. The van der Waals surface area contributed by atoms with Crippen LogP contribution in [-0.4, -0.2) is 23.2 Å². The van der Waals surface area contributed by atoms with E-state index in [9.17, 15) is 8.42 Å². The third-order valence-corrected chi connectivity index (χ3v) is 3.88. The molecule has 5 nitrogen and oxygen atoms in total. The van der Waals surface area contributed by atoms with E-state index in [0.717, 1.165) is 0 Å². The second-order valence-corrected chi connectivity index (χ2v) is 6.04. The third kappa shape index (κ3) is 2.18. The molecule has 2 aromatic heterocycles. The van der Waals surface area contributed by atoms with Gasteiger partial charge in [0.2, 0.25) is 0 Å². The summed E-state index contributed by atoms with van der Waals surface area (Å²) in [5, 5.41) is 4.14. The second-order valence-electron chi connectivity index (χ2n) is 3.54. The first-order valence-corrected chi connectivity index (χ1v) is 7.14. The highest BCUT2D eigenvalue weighted by Gasteiger charge is 2.23. The van der Waals surface area contributed by atoms with Crippen LogP contribution in [-0.2, 0) is 9.05 Å². The lowest BCUT2D eigenvalue weighted by Crippen LogP contribution is -2.02. The molecule has 0 unspecified atom stereocenters. The molecule has 0 aliphatic rings. The van der Waals surface area contributed by atoms with Gasteiger partial charge in [-0.1, -0.05) is 6.07 Å². The molecule has 0 fully saturated rings. The zero-order chi connectivity index (χ0) is 12.6. The van der Waals surface area contributed by atoms with E-state index < -0.39 is 9.05 Å². The van der Waals surface area contributed by atoms with Crippen molar-refractivity contribution < 1.29 is 8.42 Å². The zero-order valence-corrected chi connectivity index (χ0v) is 10.8. The van der Waals surface area contributed by atoms with E-state index in [2.05, 4.69) is 10.1 Å². The molecule has 0 saturated carbocycles. The number of aryl methyl sites for hydroxylation is 1. The number of halogens is 1. The molecule has 0 amide bonds. The first-order valence-electron chi connectivity index (χ1n) is 4.83. The fraction of sp³-hybridized carbons (Fsp3) is 0.200. The van der Waals surface area contributed by atoms with Crippen LogP contribution >= 0.6 is 10.7 Å². The summed E-state index contributed by atoms with van der Waals surface area (Å²) in [5.41, 5.74) is 0.819. The lowest BCUT2D eigenvalue weighted by Gasteiger charge is -2.02. The van der Waals surface area contributed by atoms with Crippen molar-refractivity contribution in [2.45, 2.75) is 18.7 Å². The van der Waals surface area contributed by atoms with Crippen molar-refractivity contribution >= 4 is 19.7 Å². The molecule has 2 rings (SSSR count). The molecule has 2 heterocycles. The van der Waals surface area contributed by atoms with Crippen molar-refractivity contribution in [1.82, 2.24) is 14.8 Å². The standard InChI is InChI=1S/C10H10ClN3O2S/c1-7-10(17(11,15)16)8(2)14(13-7)9-5-3-4-6-12-9/h3-6H,1-2H3. The van der Waals surface area contributed by atoms with Gasteiger partial charge in [-0.15, -0.1) is 0 Å². The van der Waals surface area contributed by atoms with Gasteiger partial charge < -0.3 is 0 Å². The van der Waals surface area contributed by atoms with Gasteiger partial charge in [-0.25, -0.2) is 18.1 Å². The lowest BCUT2D eigenvalue weighted by atomic mass is 10.4. The first kappa shape index (κ1) is 12.1. The van der Waals surface area contributed by atoms with Crippen molar-refractivity contribution in [2.75, 3.05) is 0 Å². The highest BCUT2D eigenvalue weighted by molar-refractivity contribution is 8.13. The zero-order valence-electron chi connectivity index (χ0n) is 9.25. The minimum atomic E-state index is -3.79. The summed E-state index contributed by atoms with van der Waals surface area (Å²) in [6.07, 6.45) is 1.61. The van der Waals surface area contributed by atoms with Gasteiger partial charge in [-0.3, -0.25) is 0 Å². The number of rotatable bonds is 2. The summed E-state index contributed by atoms with van der Waals surface area (Å²) in [7, 11) is 1.58. The van der Waals surface area contributed by atoms with Crippen LogP contribution in [0.2, 0.25) is 0 Å². The Hall–Kier alpha value is -1.40. The second kappa shape index (κ2) is 4.12. The Morgan fingerprint density at radius 2 is 2.00 bits per heavy atom. The normalized spacial score (nSPS) is 11.7. The van der Waals surface area contributed by atoms with E-state index >= 15 is 0 Å². The maximum atomic E-state index is 11.4. The monoisotopic (exact) mass is 271 g/mol. The molecule has 0 atom stereocenters. The Labute approximate surface area is 103 Å². The van der Waals surface area contributed by atoms with Gasteiger partial charge in [0.1, 0.15) is 4.90 Å². The molecule has 7 heteroatoms. The van der Waals surface area contributed by atoms with E-state index in [1.807, 2.05) is 0 Å². The van der Waals surface area contributed by atoms with Crippen LogP contribution in [0.5, 0.6) is 0 Å². The van der Waals surface area contributed by atoms with E-state index in [1.165, 1.54) is 4.68 Å². The van der Waals surface area contributed by atoms with Gasteiger partial charge in [0.05, 0.1) is 11.4 Å². The predicted molar refractivity (Wildman–Crippen MR) is 63.9 cm³/mol. The van der Waals surface area contributed by atoms with Crippen molar-refractivity contribution in [3.63, 3.8) is 0 Å². The largest absolute Gasteiger partial charge is 0.264 e. The van der Waals surface area contributed by atoms with Crippen LogP contribution in [0.1, 0.15) is 11.4 Å². The topological polar surface area (TPSA) is 64.8 Å². The molecule has 90 valence electrons. The van der Waals surface area contributed by atoms with Crippen LogP contribution in [0.15, 0.2) is 29.3 Å². The number of nitrogens with zero attached hydrogens (tertiary/aromatic N) is 3. The van der Waals surface area contributed by atoms with Crippen molar-refractivity contribution in [1.29, 1.82) is 0 Å². The fourth-order valence-electron chi connectivity index (χ4n) is 1.68. The summed E-state index contributed by atoms with van der Waals surface area (Å²) in [6.45, 7) is 3.24. The Morgan fingerprint density at radius 1 is 1.29 bits per heavy atom. The SMILES string of the molecule is Cc1nn(-c2ccccn2)c(C)c1S(=O)(=O)Cl. The molecule has 2 aromatic rings. The summed E-state index contributed by atoms with van der Waals surface area (Å²) >= 11 is 0.